The van der Waals surface area contributed by atoms with Crippen molar-refractivity contribution < 1.29 is 4.52 Å². The third-order valence-electron chi connectivity index (χ3n) is 2.04. The van der Waals surface area contributed by atoms with Crippen LogP contribution in [0.15, 0.2) is 22.0 Å². The van der Waals surface area contributed by atoms with Gasteiger partial charge in [0.2, 0.25) is 0 Å². The number of nitrogen functional groups attached to an aromatic ring is 1. The van der Waals surface area contributed by atoms with Crippen molar-refractivity contribution in [2.45, 2.75) is 20.0 Å². The fourth-order valence-electron chi connectivity index (χ4n) is 1.29. The SMILES string of the molecule is Cc1cc(CNCc2sccc2N)on1. The molecule has 0 fully saturated rings. The first-order chi connectivity index (χ1) is 7.25. The van der Waals surface area contributed by atoms with Crippen LogP contribution in [0.2, 0.25) is 0 Å². The highest BCUT2D eigenvalue weighted by Gasteiger charge is 2.02. The Labute approximate surface area is 92.1 Å². The second kappa shape index (κ2) is 4.46. The molecule has 0 aliphatic rings. The van der Waals surface area contributed by atoms with Crippen molar-refractivity contribution in [2.75, 3.05) is 5.73 Å². The monoisotopic (exact) mass is 223 g/mol. The molecule has 0 aliphatic heterocycles. The molecule has 5 heteroatoms. The van der Waals surface area contributed by atoms with Crippen molar-refractivity contribution in [3.63, 3.8) is 0 Å². The summed E-state index contributed by atoms with van der Waals surface area (Å²) in [5.41, 5.74) is 7.51. The molecule has 15 heavy (non-hydrogen) atoms. The van der Waals surface area contributed by atoms with Gasteiger partial charge in [0.1, 0.15) is 0 Å². The second-order valence-electron chi connectivity index (χ2n) is 3.34. The molecule has 4 nitrogen and oxygen atoms in total. The predicted octanol–water partition coefficient (Wildman–Crippen LogP) is 1.92. The Hall–Kier alpha value is -1.33. The minimum Gasteiger partial charge on any atom is -0.398 e. The zero-order valence-corrected chi connectivity index (χ0v) is 9.30. The van der Waals surface area contributed by atoms with Gasteiger partial charge in [-0.1, -0.05) is 5.16 Å². The first-order valence-corrected chi connectivity index (χ1v) is 5.58. The number of aromatic nitrogens is 1. The maximum absolute atomic E-state index is 5.76. The number of anilines is 1. The summed E-state index contributed by atoms with van der Waals surface area (Å²) in [7, 11) is 0. The molecule has 0 bridgehead atoms. The molecule has 0 radical (unpaired) electrons. The molecule has 0 spiro atoms. The molecular formula is C10H13N3OS. The van der Waals surface area contributed by atoms with E-state index in [4.69, 9.17) is 10.3 Å². The zero-order chi connectivity index (χ0) is 10.7. The van der Waals surface area contributed by atoms with Gasteiger partial charge >= 0.3 is 0 Å². The smallest absolute Gasteiger partial charge is 0.150 e. The van der Waals surface area contributed by atoms with Gasteiger partial charge in [-0.2, -0.15) is 0 Å². The molecule has 0 aliphatic carbocycles. The quantitative estimate of drug-likeness (QED) is 0.831. The van der Waals surface area contributed by atoms with Crippen molar-refractivity contribution in [2.24, 2.45) is 0 Å². The topological polar surface area (TPSA) is 64.1 Å². The number of nitrogens with one attached hydrogen (secondary N) is 1. The number of rotatable bonds is 4. The minimum atomic E-state index is 0.679. The van der Waals surface area contributed by atoms with E-state index in [0.717, 1.165) is 28.6 Å². The summed E-state index contributed by atoms with van der Waals surface area (Å²) in [6.45, 7) is 3.35. The van der Waals surface area contributed by atoms with E-state index in [1.165, 1.54) is 0 Å². The van der Waals surface area contributed by atoms with Crippen LogP contribution in [0.4, 0.5) is 5.69 Å². The van der Waals surface area contributed by atoms with Gasteiger partial charge in [0.25, 0.3) is 0 Å². The largest absolute Gasteiger partial charge is 0.398 e. The number of hydrogen-bond donors (Lipinski definition) is 2. The molecule has 2 rings (SSSR count). The van der Waals surface area contributed by atoms with Gasteiger partial charge in [0.05, 0.1) is 12.2 Å². The lowest BCUT2D eigenvalue weighted by atomic mass is 10.3. The Morgan fingerprint density at radius 2 is 2.40 bits per heavy atom. The molecule has 80 valence electrons. The number of nitrogens with two attached hydrogens (primary N) is 1. The van der Waals surface area contributed by atoms with Crippen molar-refractivity contribution in [1.29, 1.82) is 0 Å². The third-order valence-corrected chi connectivity index (χ3v) is 2.98. The van der Waals surface area contributed by atoms with E-state index >= 15 is 0 Å². The number of nitrogens with zero attached hydrogens (tertiary/aromatic N) is 1. The molecule has 0 aromatic carbocycles. The number of thiophene rings is 1. The lowest BCUT2D eigenvalue weighted by Gasteiger charge is -2.00. The van der Waals surface area contributed by atoms with Crippen LogP contribution in [0.5, 0.6) is 0 Å². The van der Waals surface area contributed by atoms with Crippen LogP contribution < -0.4 is 11.1 Å². The highest BCUT2D eigenvalue weighted by molar-refractivity contribution is 7.10. The lowest BCUT2D eigenvalue weighted by Crippen LogP contribution is -2.12. The van der Waals surface area contributed by atoms with Gasteiger partial charge in [-0.15, -0.1) is 11.3 Å². The molecule has 2 heterocycles. The van der Waals surface area contributed by atoms with Crippen LogP contribution in [-0.4, -0.2) is 5.16 Å². The summed E-state index contributed by atoms with van der Waals surface area (Å²) >= 11 is 1.66. The molecule has 0 atom stereocenters. The Balaban J connectivity index is 1.83. The fourth-order valence-corrected chi connectivity index (χ4v) is 2.06. The van der Waals surface area contributed by atoms with Gasteiger partial charge in [-0.05, 0) is 18.4 Å². The lowest BCUT2D eigenvalue weighted by molar-refractivity contribution is 0.369. The Kier molecular flexibility index (Phi) is 3.03. The first-order valence-electron chi connectivity index (χ1n) is 4.70. The highest BCUT2D eigenvalue weighted by atomic mass is 32.1. The fraction of sp³-hybridized carbons (Fsp3) is 0.300. The van der Waals surface area contributed by atoms with E-state index < -0.39 is 0 Å². The predicted molar refractivity (Wildman–Crippen MR) is 60.5 cm³/mol. The number of aryl methyl sites for hydroxylation is 1. The van der Waals surface area contributed by atoms with Crippen LogP contribution in [0.3, 0.4) is 0 Å². The van der Waals surface area contributed by atoms with Crippen molar-refractivity contribution in [1.82, 2.24) is 10.5 Å². The molecule has 0 unspecified atom stereocenters. The summed E-state index contributed by atoms with van der Waals surface area (Å²) in [6, 6.07) is 3.84. The van der Waals surface area contributed by atoms with Gasteiger partial charge in [-0.3, -0.25) is 0 Å². The van der Waals surface area contributed by atoms with Gasteiger partial charge in [-0.25, -0.2) is 0 Å². The summed E-state index contributed by atoms with van der Waals surface area (Å²) in [5, 5.41) is 9.06. The standard InChI is InChI=1S/C10H13N3OS/c1-7-4-8(14-13-7)5-12-6-10-9(11)2-3-15-10/h2-4,12H,5-6,11H2,1H3. The van der Waals surface area contributed by atoms with Crippen LogP contribution in [0, 0.1) is 6.92 Å². The molecule has 0 amide bonds. The Morgan fingerprint density at radius 3 is 3.00 bits per heavy atom. The van der Waals surface area contributed by atoms with E-state index in [9.17, 15) is 0 Å². The average molecular weight is 223 g/mol. The van der Waals surface area contributed by atoms with E-state index in [1.807, 2.05) is 24.4 Å². The van der Waals surface area contributed by atoms with Crippen molar-refractivity contribution >= 4 is 17.0 Å². The first kappa shape index (κ1) is 10.2. The summed E-state index contributed by atoms with van der Waals surface area (Å²) in [6.07, 6.45) is 0. The molecule has 2 aromatic heterocycles. The van der Waals surface area contributed by atoms with Gasteiger partial charge in [0, 0.05) is 23.2 Å². The van der Waals surface area contributed by atoms with Crippen molar-refractivity contribution in [3.8, 4) is 0 Å². The van der Waals surface area contributed by atoms with E-state index in [0.29, 0.717) is 6.54 Å². The molecule has 3 N–H and O–H groups in total. The normalized spacial score (nSPS) is 10.7. The zero-order valence-electron chi connectivity index (χ0n) is 8.49. The summed E-state index contributed by atoms with van der Waals surface area (Å²) in [4.78, 5) is 1.16. The minimum absolute atomic E-state index is 0.679. The van der Waals surface area contributed by atoms with Crippen LogP contribution >= 0.6 is 11.3 Å². The summed E-state index contributed by atoms with van der Waals surface area (Å²) < 4.78 is 5.07. The van der Waals surface area contributed by atoms with Gasteiger partial charge < -0.3 is 15.6 Å². The Morgan fingerprint density at radius 1 is 1.53 bits per heavy atom. The van der Waals surface area contributed by atoms with Crippen LogP contribution in [0.1, 0.15) is 16.3 Å². The third kappa shape index (κ3) is 2.57. The summed E-state index contributed by atoms with van der Waals surface area (Å²) in [5.74, 6) is 0.850. The molecule has 0 saturated carbocycles. The molecule has 0 saturated heterocycles. The molecule has 2 aromatic rings. The van der Waals surface area contributed by atoms with Crippen LogP contribution in [0.25, 0.3) is 0 Å². The molecular weight excluding hydrogens is 210 g/mol. The highest BCUT2D eigenvalue weighted by Crippen LogP contribution is 2.18. The second-order valence-corrected chi connectivity index (χ2v) is 4.34. The maximum Gasteiger partial charge on any atom is 0.150 e. The van der Waals surface area contributed by atoms with E-state index in [1.54, 1.807) is 11.3 Å². The van der Waals surface area contributed by atoms with Crippen LogP contribution in [-0.2, 0) is 13.1 Å². The van der Waals surface area contributed by atoms with E-state index in [2.05, 4.69) is 10.5 Å². The van der Waals surface area contributed by atoms with E-state index in [-0.39, 0.29) is 0 Å². The van der Waals surface area contributed by atoms with Gasteiger partial charge in [0.15, 0.2) is 5.76 Å². The maximum atomic E-state index is 5.76. The number of hydrogen-bond acceptors (Lipinski definition) is 5. The average Bonchev–Trinajstić information content (AvgIpc) is 2.77. The van der Waals surface area contributed by atoms with Crippen molar-refractivity contribution in [3.05, 3.63) is 33.8 Å². The Bertz CT molecular complexity index is 435.